The van der Waals surface area contributed by atoms with Gasteiger partial charge in [-0.05, 0) is 30.3 Å². The van der Waals surface area contributed by atoms with Crippen LogP contribution in [0, 0.1) is 0 Å². The summed E-state index contributed by atoms with van der Waals surface area (Å²) in [6.07, 6.45) is 0.0417. The van der Waals surface area contributed by atoms with Crippen molar-refractivity contribution in [2.75, 3.05) is 64.1 Å². The van der Waals surface area contributed by atoms with Crippen molar-refractivity contribution in [1.29, 1.82) is 0 Å². The minimum Gasteiger partial charge on any atom is -0.454 e. The lowest BCUT2D eigenvalue weighted by Gasteiger charge is -2.40. The smallest absolute Gasteiger partial charge is 0.254 e. The van der Waals surface area contributed by atoms with E-state index in [2.05, 4.69) is 40.1 Å². The van der Waals surface area contributed by atoms with Crippen molar-refractivity contribution in [1.82, 2.24) is 9.80 Å². The van der Waals surface area contributed by atoms with E-state index in [1.807, 2.05) is 11.0 Å². The number of carbonyl (C=O) groups excluding carboxylic acids is 1. The molecule has 1 amide bonds. The summed E-state index contributed by atoms with van der Waals surface area (Å²) in [6, 6.07) is 15.9. The van der Waals surface area contributed by atoms with Gasteiger partial charge >= 0.3 is 0 Å². The molecule has 0 bridgehead atoms. The van der Waals surface area contributed by atoms with E-state index in [1.165, 1.54) is 5.69 Å². The number of rotatable bonds is 4. The third kappa shape index (κ3) is 4.08. The first-order valence-corrected chi connectivity index (χ1v) is 10.6. The van der Waals surface area contributed by atoms with E-state index in [4.69, 9.17) is 14.2 Å². The van der Waals surface area contributed by atoms with E-state index in [9.17, 15) is 4.79 Å². The molecular formula is C23H27N3O4. The second-order valence-electron chi connectivity index (χ2n) is 7.94. The van der Waals surface area contributed by atoms with Gasteiger partial charge in [0.15, 0.2) is 11.5 Å². The maximum Gasteiger partial charge on any atom is 0.254 e. The molecular weight excluding hydrogens is 382 g/mol. The van der Waals surface area contributed by atoms with Crippen LogP contribution in [0.25, 0.3) is 0 Å². The highest BCUT2D eigenvalue weighted by molar-refractivity contribution is 5.95. The van der Waals surface area contributed by atoms with Crippen molar-refractivity contribution in [2.45, 2.75) is 6.10 Å². The Morgan fingerprint density at radius 1 is 0.933 bits per heavy atom. The van der Waals surface area contributed by atoms with Crippen LogP contribution >= 0.6 is 0 Å². The average molecular weight is 409 g/mol. The molecule has 5 rings (SSSR count). The van der Waals surface area contributed by atoms with Gasteiger partial charge in [-0.2, -0.15) is 0 Å². The number of carbonyl (C=O) groups is 1. The van der Waals surface area contributed by atoms with Crippen molar-refractivity contribution < 1.29 is 19.0 Å². The Balaban J connectivity index is 1.15. The summed E-state index contributed by atoms with van der Waals surface area (Å²) in [5.74, 6) is 1.36. The topological polar surface area (TPSA) is 54.5 Å². The lowest BCUT2D eigenvalue weighted by atomic mass is 10.1. The molecule has 3 heterocycles. The van der Waals surface area contributed by atoms with Gasteiger partial charge in [-0.3, -0.25) is 9.69 Å². The van der Waals surface area contributed by atoms with Crippen molar-refractivity contribution >= 4 is 11.6 Å². The lowest BCUT2D eigenvalue weighted by molar-refractivity contribution is -0.0363. The van der Waals surface area contributed by atoms with Gasteiger partial charge in [-0.1, -0.05) is 18.2 Å². The van der Waals surface area contributed by atoms with E-state index < -0.39 is 0 Å². The Morgan fingerprint density at radius 3 is 2.57 bits per heavy atom. The molecule has 1 unspecified atom stereocenters. The van der Waals surface area contributed by atoms with Gasteiger partial charge in [0.1, 0.15) is 0 Å². The van der Waals surface area contributed by atoms with Gasteiger partial charge in [0.25, 0.3) is 5.91 Å². The number of ether oxygens (including phenoxy) is 3. The second kappa shape index (κ2) is 8.53. The summed E-state index contributed by atoms with van der Waals surface area (Å²) >= 11 is 0. The van der Waals surface area contributed by atoms with E-state index in [0.29, 0.717) is 36.8 Å². The van der Waals surface area contributed by atoms with Gasteiger partial charge in [-0.15, -0.1) is 0 Å². The van der Waals surface area contributed by atoms with Gasteiger partial charge in [-0.25, -0.2) is 0 Å². The molecule has 0 N–H and O–H groups in total. The number of morpholine rings is 1. The number of nitrogens with zero attached hydrogens (tertiary/aromatic N) is 3. The first kappa shape index (κ1) is 19.2. The molecule has 0 radical (unpaired) electrons. The van der Waals surface area contributed by atoms with Gasteiger partial charge in [0.05, 0.1) is 12.7 Å². The van der Waals surface area contributed by atoms with Crippen LogP contribution in [-0.4, -0.2) is 81.0 Å². The molecule has 30 heavy (non-hydrogen) atoms. The third-order valence-corrected chi connectivity index (χ3v) is 6.00. The quantitative estimate of drug-likeness (QED) is 0.771. The Kier molecular flexibility index (Phi) is 5.46. The molecule has 2 aromatic carbocycles. The predicted octanol–water partition coefficient (Wildman–Crippen LogP) is 2.08. The lowest BCUT2D eigenvalue weighted by Crippen LogP contribution is -2.53. The number of para-hydroxylation sites is 1. The van der Waals surface area contributed by atoms with Crippen molar-refractivity contribution in [3.8, 4) is 11.5 Å². The zero-order valence-corrected chi connectivity index (χ0v) is 17.0. The van der Waals surface area contributed by atoms with Gasteiger partial charge in [0, 0.05) is 57.1 Å². The van der Waals surface area contributed by atoms with E-state index in [1.54, 1.807) is 12.1 Å². The molecule has 158 valence electrons. The molecule has 2 aromatic rings. The van der Waals surface area contributed by atoms with Crippen LogP contribution in [0.5, 0.6) is 11.5 Å². The minimum absolute atomic E-state index is 0.0236. The third-order valence-electron chi connectivity index (χ3n) is 6.00. The normalized spacial score (nSPS) is 21.7. The molecule has 7 nitrogen and oxygen atoms in total. The molecule has 2 saturated heterocycles. The highest BCUT2D eigenvalue weighted by Gasteiger charge is 2.28. The fourth-order valence-corrected chi connectivity index (χ4v) is 4.34. The molecule has 0 aliphatic carbocycles. The number of benzene rings is 2. The van der Waals surface area contributed by atoms with Crippen molar-refractivity contribution in [2.24, 2.45) is 0 Å². The number of piperazine rings is 1. The Hall–Kier alpha value is -2.77. The molecule has 3 aliphatic rings. The Bertz CT molecular complexity index is 883. The molecule has 3 aliphatic heterocycles. The maximum atomic E-state index is 13.0. The van der Waals surface area contributed by atoms with Gasteiger partial charge < -0.3 is 24.0 Å². The van der Waals surface area contributed by atoms with Crippen LogP contribution < -0.4 is 14.4 Å². The molecule has 0 saturated carbocycles. The standard InChI is InChI=1S/C23H27N3O4/c27-23(18-6-7-21-22(14-18)30-17-29-21)26-12-13-28-20(16-26)15-24-8-10-25(11-9-24)19-4-2-1-3-5-19/h1-7,14,20H,8-13,15-17H2. The molecule has 7 heteroatoms. The van der Waals surface area contributed by atoms with Crippen LogP contribution in [-0.2, 0) is 4.74 Å². The largest absolute Gasteiger partial charge is 0.454 e. The van der Waals surface area contributed by atoms with E-state index >= 15 is 0 Å². The molecule has 0 aromatic heterocycles. The van der Waals surface area contributed by atoms with E-state index in [-0.39, 0.29) is 18.8 Å². The summed E-state index contributed by atoms with van der Waals surface area (Å²) in [5.41, 5.74) is 1.92. The maximum absolute atomic E-state index is 13.0. The first-order chi connectivity index (χ1) is 14.8. The number of fused-ring (bicyclic) bond motifs is 1. The van der Waals surface area contributed by atoms with Crippen molar-refractivity contribution in [3.63, 3.8) is 0 Å². The predicted molar refractivity (Wildman–Crippen MR) is 113 cm³/mol. The summed E-state index contributed by atoms with van der Waals surface area (Å²) in [5, 5.41) is 0. The summed E-state index contributed by atoms with van der Waals surface area (Å²) < 4.78 is 16.7. The highest BCUT2D eigenvalue weighted by Crippen LogP contribution is 2.33. The number of anilines is 1. The molecule has 1 atom stereocenters. The zero-order valence-electron chi connectivity index (χ0n) is 17.0. The summed E-state index contributed by atoms with van der Waals surface area (Å²) in [4.78, 5) is 19.8. The SMILES string of the molecule is O=C(c1ccc2c(c1)OCO2)N1CCOC(CN2CCN(c3ccccc3)CC2)C1. The van der Waals surface area contributed by atoms with Crippen LogP contribution in [0.4, 0.5) is 5.69 Å². The summed E-state index contributed by atoms with van der Waals surface area (Å²) in [6.45, 7) is 6.91. The van der Waals surface area contributed by atoms with Crippen LogP contribution in [0.15, 0.2) is 48.5 Å². The fraction of sp³-hybridized carbons (Fsp3) is 0.435. The summed E-state index contributed by atoms with van der Waals surface area (Å²) in [7, 11) is 0. The number of hydrogen-bond acceptors (Lipinski definition) is 6. The average Bonchev–Trinajstić information content (AvgIpc) is 3.28. The fourth-order valence-electron chi connectivity index (χ4n) is 4.34. The Morgan fingerprint density at radius 2 is 1.73 bits per heavy atom. The number of amides is 1. The van der Waals surface area contributed by atoms with Gasteiger partial charge in [0.2, 0.25) is 6.79 Å². The Labute approximate surface area is 176 Å². The number of hydrogen-bond donors (Lipinski definition) is 0. The molecule has 2 fully saturated rings. The highest BCUT2D eigenvalue weighted by atomic mass is 16.7. The van der Waals surface area contributed by atoms with E-state index in [0.717, 1.165) is 32.7 Å². The zero-order chi connectivity index (χ0) is 20.3. The van der Waals surface area contributed by atoms with Crippen molar-refractivity contribution in [3.05, 3.63) is 54.1 Å². The van der Waals surface area contributed by atoms with Crippen LogP contribution in [0.1, 0.15) is 10.4 Å². The van der Waals surface area contributed by atoms with Crippen LogP contribution in [0.3, 0.4) is 0 Å². The minimum atomic E-state index is 0.0236. The van der Waals surface area contributed by atoms with Crippen LogP contribution in [0.2, 0.25) is 0 Å². The first-order valence-electron chi connectivity index (χ1n) is 10.6. The molecule has 0 spiro atoms. The monoisotopic (exact) mass is 409 g/mol. The second-order valence-corrected chi connectivity index (χ2v) is 7.94.